The van der Waals surface area contributed by atoms with E-state index in [0.29, 0.717) is 6.42 Å². The van der Waals surface area contributed by atoms with Crippen LogP contribution in [0.25, 0.3) is 0 Å². The summed E-state index contributed by atoms with van der Waals surface area (Å²) in [7, 11) is 3.66. The number of carbonyl (C=O) groups excluding carboxylic acids is 2. The zero-order valence-corrected chi connectivity index (χ0v) is 16.1. The lowest BCUT2D eigenvalue weighted by Gasteiger charge is -2.27. The first-order valence-electron chi connectivity index (χ1n) is 9.49. The van der Waals surface area contributed by atoms with Gasteiger partial charge < -0.3 is 9.80 Å². The monoisotopic (exact) mass is 326 g/mol. The van der Waals surface area contributed by atoms with Crippen molar-refractivity contribution in [1.82, 2.24) is 9.80 Å². The molecule has 0 aromatic heterocycles. The van der Waals surface area contributed by atoms with Gasteiger partial charge in [-0.1, -0.05) is 59.3 Å². The van der Waals surface area contributed by atoms with E-state index in [1.54, 1.807) is 9.80 Å². The molecule has 0 bridgehead atoms. The maximum atomic E-state index is 12.7. The van der Waals surface area contributed by atoms with Gasteiger partial charge in [0.05, 0.1) is 0 Å². The van der Waals surface area contributed by atoms with Gasteiger partial charge in [-0.25, -0.2) is 0 Å². The smallest absolute Gasteiger partial charge is 0.234 e. The van der Waals surface area contributed by atoms with Crippen LogP contribution < -0.4 is 0 Å². The largest absolute Gasteiger partial charge is 0.345 e. The molecule has 4 heteroatoms. The summed E-state index contributed by atoms with van der Waals surface area (Å²) >= 11 is 0. The average molecular weight is 327 g/mol. The molecule has 0 spiro atoms. The molecule has 0 rings (SSSR count). The Hall–Kier alpha value is -1.06. The third-order valence-electron chi connectivity index (χ3n) is 4.39. The van der Waals surface area contributed by atoms with E-state index < -0.39 is 5.92 Å². The number of hydrogen-bond donors (Lipinski definition) is 0. The quantitative estimate of drug-likeness (QED) is 0.378. The van der Waals surface area contributed by atoms with Crippen LogP contribution in [0.4, 0.5) is 0 Å². The topological polar surface area (TPSA) is 40.6 Å². The minimum atomic E-state index is -0.490. The minimum Gasteiger partial charge on any atom is -0.345 e. The van der Waals surface area contributed by atoms with Crippen molar-refractivity contribution in [2.24, 2.45) is 5.92 Å². The molecule has 0 unspecified atom stereocenters. The molecule has 2 amide bonds. The van der Waals surface area contributed by atoms with Crippen molar-refractivity contribution in [3.05, 3.63) is 0 Å². The molecular weight excluding hydrogens is 288 g/mol. The molecule has 0 atom stereocenters. The third-order valence-corrected chi connectivity index (χ3v) is 4.39. The predicted octanol–water partition coefficient (Wildman–Crippen LogP) is 4.09. The third kappa shape index (κ3) is 8.97. The first-order chi connectivity index (χ1) is 11.0. The molecular formula is C19H38N2O2. The minimum absolute atomic E-state index is 0.00305. The Bertz CT molecular complexity index is 305. The molecule has 0 aliphatic rings. The number of hydrogen-bond acceptors (Lipinski definition) is 2. The SMILES string of the molecule is CCCCCCC(C(=O)N(C)CCCC)C(=O)N(C)CCCC. The van der Waals surface area contributed by atoms with Crippen LogP contribution in [0, 0.1) is 5.92 Å². The van der Waals surface area contributed by atoms with Gasteiger partial charge in [-0.3, -0.25) is 9.59 Å². The Morgan fingerprint density at radius 1 is 0.696 bits per heavy atom. The van der Waals surface area contributed by atoms with Crippen molar-refractivity contribution in [2.45, 2.75) is 78.6 Å². The van der Waals surface area contributed by atoms with Gasteiger partial charge in [0, 0.05) is 27.2 Å². The van der Waals surface area contributed by atoms with Crippen molar-refractivity contribution in [2.75, 3.05) is 27.2 Å². The summed E-state index contributed by atoms with van der Waals surface area (Å²) in [5.74, 6) is -0.484. The summed E-state index contributed by atoms with van der Waals surface area (Å²) in [5.41, 5.74) is 0. The zero-order chi connectivity index (χ0) is 17.7. The second kappa shape index (κ2) is 13.4. The molecule has 0 saturated heterocycles. The van der Waals surface area contributed by atoms with Crippen LogP contribution in [-0.4, -0.2) is 48.8 Å². The van der Waals surface area contributed by atoms with Gasteiger partial charge in [0.25, 0.3) is 0 Å². The maximum absolute atomic E-state index is 12.7. The Balaban J connectivity index is 4.77. The second-order valence-electron chi connectivity index (χ2n) is 6.63. The van der Waals surface area contributed by atoms with Gasteiger partial charge in [0.1, 0.15) is 5.92 Å². The second-order valence-corrected chi connectivity index (χ2v) is 6.63. The van der Waals surface area contributed by atoms with E-state index in [-0.39, 0.29) is 11.8 Å². The molecule has 0 radical (unpaired) electrons. The first kappa shape index (κ1) is 21.9. The van der Waals surface area contributed by atoms with Crippen molar-refractivity contribution < 1.29 is 9.59 Å². The summed E-state index contributed by atoms with van der Waals surface area (Å²) in [6.45, 7) is 7.89. The highest BCUT2D eigenvalue weighted by Crippen LogP contribution is 2.17. The fourth-order valence-electron chi connectivity index (χ4n) is 2.67. The van der Waals surface area contributed by atoms with Crippen LogP contribution in [-0.2, 0) is 9.59 Å². The van der Waals surface area contributed by atoms with Crippen LogP contribution in [0.5, 0.6) is 0 Å². The molecule has 0 heterocycles. The lowest BCUT2D eigenvalue weighted by atomic mass is 9.97. The highest BCUT2D eigenvalue weighted by Gasteiger charge is 2.30. The van der Waals surface area contributed by atoms with Gasteiger partial charge in [0.15, 0.2) is 0 Å². The number of unbranched alkanes of at least 4 members (excludes halogenated alkanes) is 5. The molecule has 0 aromatic rings. The van der Waals surface area contributed by atoms with Gasteiger partial charge in [-0.15, -0.1) is 0 Å². The zero-order valence-electron chi connectivity index (χ0n) is 16.1. The van der Waals surface area contributed by atoms with Crippen molar-refractivity contribution in [1.29, 1.82) is 0 Å². The molecule has 0 fully saturated rings. The average Bonchev–Trinajstić information content (AvgIpc) is 2.56. The van der Waals surface area contributed by atoms with Crippen LogP contribution in [0.1, 0.15) is 78.6 Å². The molecule has 0 aliphatic carbocycles. The van der Waals surface area contributed by atoms with Crippen LogP contribution >= 0.6 is 0 Å². The van der Waals surface area contributed by atoms with Gasteiger partial charge in [0.2, 0.25) is 11.8 Å². The van der Waals surface area contributed by atoms with Crippen molar-refractivity contribution >= 4 is 11.8 Å². The van der Waals surface area contributed by atoms with Crippen LogP contribution in [0.15, 0.2) is 0 Å². The van der Waals surface area contributed by atoms with Gasteiger partial charge in [-0.2, -0.15) is 0 Å². The molecule has 0 aromatic carbocycles. The fourth-order valence-corrected chi connectivity index (χ4v) is 2.67. The van der Waals surface area contributed by atoms with E-state index in [2.05, 4.69) is 20.8 Å². The van der Waals surface area contributed by atoms with Gasteiger partial charge >= 0.3 is 0 Å². The van der Waals surface area contributed by atoms with E-state index in [4.69, 9.17) is 0 Å². The summed E-state index contributed by atoms with van der Waals surface area (Å²) in [5, 5.41) is 0. The highest BCUT2D eigenvalue weighted by molar-refractivity contribution is 6.00. The Kier molecular flexibility index (Phi) is 12.8. The number of nitrogens with zero attached hydrogens (tertiary/aromatic N) is 2. The predicted molar refractivity (Wildman–Crippen MR) is 97.3 cm³/mol. The van der Waals surface area contributed by atoms with Gasteiger partial charge in [-0.05, 0) is 19.3 Å². The standard InChI is InChI=1S/C19H38N2O2/c1-6-9-12-13-14-17(18(22)20(4)15-10-7-2)19(23)21(5)16-11-8-3/h17H,6-16H2,1-5H3. The van der Waals surface area contributed by atoms with Crippen LogP contribution in [0.2, 0.25) is 0 Å². The normalized spacial score (nSPS) is 10.9. The van der Waals surface area contributed by atoms with Crippen molar-refractivity contribution in [3.63, 3.8) is 0 Å². The molecule has 136 valence electrons. The fraction of sp³-hybridized carbons (Fsp3) is 0.895. The lowest BCUT2D eigenvalue weighted by Crippen LogP contribution is -2.43. The summed E-state index contributed by atoms with van der Waals surface area (Å²) in [6, 6.07) is 0. The van der Waals surface area contributed by atoms with E-state index in [1.807, 2.05) is 14.1 Å². The van der Waals surface area contributed by atoms with Crippen molar-refractivity contribution in [3.8, 4) is 0 Å². The summed E-state index contributed by atoms with van der Waals surface area (Å²) < 4.78 is 0. The van der Waals surface area contributed by atoms with E-state index >= 15 is 0 Å². The molecule has 0 saturated carbocycles. The lowest BCUT2D eigenvalue weighted by molar-refractivity contribution is -0.146. The Labute approximate surface area is 143 Å². The molecule has 0 N–H and O–H groups in total. The Morgan fingerprint density at radius 3 is 1.52 bits per heavy atom. The Morgan fingerprint density at radius 2 is 1.13 bits per heavy atom. The summed E-state index contributed by atoms with van der Waals surface area (Å²) in [4.78, 5) is 28.9. The maximum Gasteiger partial charge on any atom is 0.234 e. The van der Waals surface area contributed by atoms with E-state index in [1.165, 1.54) is 12.8 Å². The molecule has 4 nitrogen and oxygen atoms in total. The number of amides is 2. The first-order valence-corrected chi connectivity index (χ1v) is 9.49. The van der Waals surface area contributed by atoms with E-state index in [9.17, 15) is 9.59 Å². The van der Waals surface area contributed by atoms with E-state index in [0.717, 1.165) is 51.6 Å². The number of carbonyl (C=O) groups is 2. The molecule has 23 heavy (non-hydrogen) atoms. The van der Waals surface area contributed by atoms with Crippen LogP contribution in [0.3, 0.4) is 0 Å². The summed E-state index contributed by atoms with van der Waals surface area (Å²) in [6.07, 6.45) is 9.18. The number of rotatable bonds is 13. The highest BCUT2D eigenvalue weighted by atomic mass is 16.2. The molecule has 0 aliphatic heterocycles.